The Hall–Kier alpha value is -3.22. The lowest BCUT2D eigenvalue weighted by Gasteiger charge is -2.36. The van der Waals surface area contributed by atoms with Gasteiger partial charge in [-0.25, -0.2) is 0 Å². The van der Waals surface area contributed by atoms with Gasteiger partial charge >= 0.3 is 0 Å². The van der Waals surface area contributed by atoms with Crippen LogP contribution in [0.5, 0.6) is 5.75 Å². The predicted molar refractivity (Wildman–Crippen MR) is 153 cm³/mol. The topological polar surface area (TPSA) is 65.9 Å². The number of piperazine rings is 1. The number of benzene rings is 1. The normalized spacial score (nSPS) is 22.3. The zero-order chi connectivity index (χ0) is 27.7. The van der Waals surface area contributed by atoms with Gasteiger partial charge in [0.25, 0.3) is 0 Å². The molecule has 4 bridgehead atoms. The Bertz CT molecular complexity index is 984. The molecule has 2 unspecified atom stereocenters. The molecule has 37 heavy (non-hydrogen) atoms. The van der Waals surface area contributed by atoms with Crippen molar-refractivity contribution in [3.05, 3.63) is 96.9 Å². The van der Waals surface area contributed by atoms with Gasteiger partial charge in [-0.3, -0.25) is 14.7 Å². The average molecular weight is 508 g/mol. The number of carbonyl (C=O) groups is 1. The molecule has 5 rings (SSSR count). The Morgan fingerprint density at radius 3 is 2.35 bits per heavy atom. The van der Waals surface area contributed by atoms with Gasteiger partial charge in [0.05, 0.1) is 12.2 Å². The molecule has 0 radical (unpaired) electrons. The minimum Gasteiger partial charge on any atom is -0.490 e. The van der Waals surface area contributed by atoms with Gasteiger partial charge in [0.2, 0.25) is 5.91 Å². The number of carbonyl (C=O) groups excluding carboxylic acids is 1. The van der Waals surface area contributed by atoms with Gasteiger partial charge in [-0.2, -0.15) is 0 Å². The summed E-state index contributed by atoms with van der Waals surface area (Å²) in [7, 11) is 0. The largest absolute Gasteiger partial charge is 0.490 e. The van der Waals surface area contributed by atoms with Crippen molar-refractivity contribution >= 4 is 5.91 Å². The highest BCUT2D eigenvalue weighted by atomic mass is 16.5. The molecule has 6 nitrogen and oxygen atoms in total. The van der Waals surface area contributed by atoms with Crippen LogP contribution in [0.3, 0.4) is 0 Å². The highest BCUT2D eigenvalue weighted by Gasteiger charge is 2.34. The number of ether oxygens (including phenoxy) is 1. The van der Waals surface area contributed by atoms with E-state index in [0.717, 1.165) is 23.4 Å². The second-order valence-electron chi connectivity index (χ2n) is 8.23. The molecule has 2 aromatic rings. The predicted octanol–water partition coefficient (Wildman–Crippen LogP) is 5.75. The molecule has 1 fully saturated rings. The number of amides is 1. The Labute approximate surface area is 224 Å². The van der Waals surface area contributed by atoms with E-state index in [9.17, 15) is 9.90 Å². The van der Waals surface area contributed by atoms with E-state index in [1.54, 1.807) is 18.3 Å². The van der Waals surface area contributed by atoms with Crippen molar-refractivity contribution in [2.45, 2.75) is 53.2 Å². The first-order valence-electron chi connectivity index (χ1n) is 13.2. The van der Waals surface area contributed by atoms with Crippen LogP contribution in [0, 0.1) is 0 Å². The summed E-state index contributed by atoms with van der Waals surface area (Å²) in [4.78, 5) is 21.1. The summed E-state index contributed by atoms with van der Waals surface area (Å²) in [6.07, 6.45) is 7.36. The third-order valence-corrected chi connectivity index (χ3v) is 6.01. The Morgan fingerprint density at radius 1 is 1.00 bits per heavy atom. The monoisotopic (exact) mass is 507 g/mol. The van der Waals surface area contributed by atoms with Crippen LogP contribution in [0.1, 0.15) is 52.3 Å². The number of hydrogen-bond acceptors (Lipinski definition) is 5. The molecule has 0 spiro atoms. The van der Waals surface area contributed by atoms with E-state index in [1.807, 2.05) is 88.1 Å². The number of nitrogens with zero attached hydrogens (tertiary/aromatic N) is 3. The van der Waals surface area contributed by atoms with Gasteiger partial charge in [-0.15, -0.1) is 0 Å². The lowest BCUT2D eigenvalue weighted by atomic mass is 9.86. The maximum absolute atomic E-state index is 12.7. The van der Waals surface area contributed by atoms with E-state index in [-0.39, 0.29) is 5.91 Å². The zero-order valence-corrected chi connectivity index (χ0v) is 23.3. The Morgan fingerprint density at radius 2 is 1.73 bits per heavy atom. The molecule has 4 heterocycles. The molecular weight excluding hydrogens is 462 g/mol. The Kier molecular flexibility index (Phi) is 14.8. The highest BCUT2D eigenvalue weighted by Crippen LogP contribution is 2.32. The number of pyridine rings is 1. The minimum atomic E-state index is -1.20. The molecule has 6 heteroatoms. The van der Waals surface area contributed by atoms with Crippen molar-refractivity contribution in [1.82, 2.24) is 14.8 Å². The Balaban J connectivity index is 0.000000767. The van der Waals surface area contributed by atoms with Crippen LogP contribution in [0.4, 0.5) is 0 Å². The van der Waals surface area contributed by atoms with Gasteiger partial charge in [0, 0.05) is 32.4 Å². The van der Waals surface area contributed by atoms with Crippen molar-refractivity contribution in [2.24, 2.45) is 0 Å². The van der Waals surface area contributed by atoms with Crippen LogP contribution in [0.25, 0.3) is 0 Å². The van der Waals surface area contributed by atoms with Crippen LogP contribution in [-0.4, -0.2) is 58.6 Å². The molecule has 2 atom stereocenters. The fraction of sp³-hybridized carbons (Fsp3) is 0.419. The number of aromatic nitrogens is 1. The van der Waals surface area contributed by atoms with Crippen molar-refractivity contribution in [2.75, 3.05) is 32.8 Å². The van der Waals surface area contributed by atoms with E-state index in [1.165, 1.54) is 0 Å². The lowest BCUT2D eigenvalue weighted by Crippen LogP contribution is -2.50. The fourth-order valence-electron chi connectivity index (χ4n) is 3.96. The van der Waals surface area contributed by atoms with Crippen molar-refractivity contribution in [3.63, 3.8) is 0 Å². The third kappa shape index (κ3) is 9.63. The van der Waals surface area contributed by atoms with Gasteiger partial charge in [-0.1, -0.05) is 71.2 Å². The van der Waals surface area contributed by atoms with Crippen LogP contribution < -0.4 is 4.74 Å². The molecule has 1 N–H and O–H groups in total. The number of hydrogen-bond donors (Lipinski definition) is 1. The summed E-state index contributed by atoms with van der Waals surface area (Å²) in [6, 6.07) is 13.4. The molecule has 1 amide bonds. The maximum Gasteiger partial charge on any atom is 0.237 e. The molecule has 1 aromatic carbocycles. The summed E-state index contributed by atoms with van der Waals surface area (Å²) in [5.41, 5.74) is 1.27. The van der Waals surface area contributed by atoms with Crippen molar-refractivity contribution in [1.29, 1.82) is 0 Å². The summed E-state index contributed by atoms with van der Waals surface area (Å²) in [5, 5.41) is 11.6. The number of rotatable bonds is 2. The summed E-state index contributed by atoms with van der Waals surface area (Å²) < 4.78 is 5.91. The van der Waals surface area contributed by atoms with Gasteiger partial charge in [0.15, 0.2) is 0 Å². The second kappa shape index (κ2) is 17.3. The number of aliphatic hydroxyl groups is 1. The van der Waals surface area contributed by atoms with Crippen LogP contribution in [0.15, 0.2) is 85.6 Å². The second-order valence-corrected chi connectivity index (χ2v) is 8.23. The van der Waals surface area contributed by atoms with E-state index < -0.39 is 5.60 Å². The quantitative estimate of drug-likeness (QED) is 0.414. The van der Waals surface area contributed by atoms with Gasteiger partial charge in [-0.05, 0) is 54.8 Å². The molecule has 1 saturated heterocycles. The number of allylic oxidation sites excluding steroid dienone is 2. The highest BCUT2D eigenvalue weighted by molar-refractivity contribution is 5.79. The van der Waals surface area contributed by atoms with E-state index in [4.69, 9.17) is 4.74 Å². The molecular formula is C31H45N3O3. The molecule has 0 saturated carbocycles. The number of fused-ring (bicyclic) bond motifs is 7. The SMILES string of the molecule is C/C1=C\COc2cccc(c2)CN2CCN(CCC1(O)c1ccccn1)CC2=O.C=CC=C.CC.CC. The zero-order valence-electron chi connectivity index (χ0n) is 23.3. The lowest BCUT2D eigenvalue weighted by molar-refractivity contribution is -0.137. The van der Waals surface area contributed by atoms with Crippen molar-refractivity contribution < 1.29 is 14.6 Å². The van der Waals surface area contributed by atoms with Gasteiger partial charge < -0.3 is 14.7 Å². The molecule has 1 aromatic heterocycles. The summed E-state index contributed by atoms with van der Waals surface area (Å²) in [5.74, 6) is 0.875. The van der Waals surface area contributed by atoms with Crippen LogP contribution >= 0.6 is 0 Å². The maximum atomic E-state index is 12.7. The minimum absolute atomic E-state index is 0.117. The smallest absolute Gasteiger partial charge is 0.237 e. The fourth-order valence-corrected chi connectivity index (χ4v) is 3.96. The molecule has 202 valence electrons. The first-order valence-corrected chi connectivity index (χ1v) is 13.2. The van der Waals surface area contributed by atoms with Crippen molar-refractivity contribution in [3.8, 4) is 5.75 Å². The summed E-state index contributed by atoms with van der Waals surface area (Å²) >= 11 is 0. The average Bonchev–Trinajstić information content (AvgIpc) is 2.96. The standard InChI is InChI=1S/C23H27N3O3.C4H6.2C2H6/c1-18-8-14-29-20-6-4-5-19(15-20)16-26-13-12-25(17-22(26)27)11-9-23(18,28)21-7-2-3-10-24-21;1-3-4-2;2*1-2/h2-8,10,15,28H,9,11-14,16-17H2,1H3;3-4H,1-2H2;2*1-2H3/b18-8+;;;. The summed E-state index contributed by atoms with van der Waals surface area (Å²) in [6.45, 7) is 20.1. The third-order valence-electron chi connectivity index (χ3n) is 6.01. The van der Waals surface area contributed by atoms with E-state index in [2.05, 4.69) is 23.0 Å². The van der Waals surface area contributed by atoms with Gasteiger partial charge in [0.1, 0.15) is 18.0 Å². The molecule has 3 aliphatic rings. The van der Waals surface area contributed by atoms with Crippen LogP contribution in [0.2, 0.25) is 0 Å². The van der Waals surface area contributed by atoms with E-state index >= 15 is 0 Å². The first-order chi connectivity index (χ1) is 18.0. The van der Waals surface area contributed by atoms with E-state index in [0.29, 0.717) is 44.9 Å². The van der Waals surface area contributed by atoms with Crippen LogP contribution in [-0.2, 0) is 16.9 Å². The molecule has 3 aliphatic heterocycles. The first kappa shape index (κ1) is 31.8. The molecule has 0 aliphatic carbocycles.